The molecule has 0 amide bonds. The summed E-state index contributed by atoms with van der Waals surface area (Å²) in [6.45, 7) is 10.5. The van der Waals surface area contributed by atoms with Crippen molar-refractivity contribution in [2.24, 2.45) is 0 Å². The number of anilines is 1. The van der Waals surface area contributed by atoms with E-state index in [0.717, 1.165) is 6.54 Å². The van der Waals surface area contributed by atoms with Crippen molar-refractivity contribution in [2.75, 3.05) is 18.5 Å². The Morgan fingerprint density at radius 1 is 1.25 bits per heavy atom. The van der Waals surface area contributed by atoms with Gasteiger partial charge in [-0.1, -0.05) is 0 Å². The van der Waals surface area contributed by atoms with Crippen molar-refractivity contribution < 1.29 is 13.7 Å². The van der Waals surface area contributed by atoms with Crippen LogP contribution >= 0.6 is 0 Å². The summed E-state index contributed by atoms with van der Waals surface area (Å²) < 4.78 is 26.2. The van der Waals surface area contributed by atoms with Crippen molar-refractivity contribution in [3.63, 3.8) is 0 Å². The van der Waals surface area contributed by atoms with Crippen molar-refractivity contribution in [1.29, 1.82) is 0 Å². The fourth-order valence-electron chi connectivity index (χ4n) is 2.07. The molecule has 2 heterocycles. The van der Waals surface area contributed by atoms with Crippen LogP contribution in [0.1, 0.15) is 34.6 Å². The molecule has 0 unspecified atom stereocenters. The van der Waals surface area contributed by atoms with Crippen LogP contribution in [0, 0.1) is 5.82 Å². The molecule has 1 saturated heterocycles. The first kappa shape index (κ1) is 15.3. The Morgan fingerprint density at radius 3 is 2.30 bits per heavy atom. The van der Waals surface area contributed by atoms with Gasteiger partial charge in [-0.15, -0.1) is 0 Å². The predicted octanol–water partition coefficient (Wildman–Crippen LogP) is 1.98. The van der Waals surface area contributed by atoms with Crippen molar-refractivity contribution in [1.82, 2.24) is 4.98 Å². The lowest BCUT2D eigenvalue weighted by Crippen LogP contribution is -2.41. The van der Waals surface area contributed by atoms with E-state index < -0.39 is 18.3 Å². The second-order valence-electron chi connectivity index (χ2n) is 6.13. The SMILES string of the molecule is CCN(C)c1nccc(F)c1B1OC(C)(C)C(C)(C)O1. The Morgan fingerprint density at radius 2 is 1.80 bits per heavy atom. The molecule has 0 atom stereocenters. The highest BCUT2D eigenvalue weighted by molar-refractivity contribution is 6.63. The normalized spacial score (nSPS) is 20.2. The van der Waals surface area contributed by atoms with Gasteiger partial charge in [0.2, 0.25) is 0 Å². The van der Waals surface area contributed by atoms with Crippen LogP contribution < -0.4 is 10.4 Å². The summed E-state index contributed by atoms with van der Waals surface area (Å²) in [6.07, 6.45) is 1.46. The molecule has 0 N–H and O–H groups in total. The van der Waals surface area contributed by atoms with Gasteiger partial charge in [0.15, 0.2) is 0 Å². The first-order valence-corrected chi connectivity index (χ1v) is 6.91. The molecule has 1 aliphatic heterocycles. The molecule has 0 aromatic carbocycles. The molecule has 1 aromatic rings. The number of rotatable bonds is 3. The second-order valence-corrected chi connectivity index (χ2v) is 6.13. The third kappa shape index (κ3) is 2.42. The number of nitrogens with zero attached hydrogens (tertiary/aromatic N) is 2. The molecule has 0 saturated carbocycles. The summed E-state index contributed by atoms with van der Waals surface area (Å²) in [5.74, 6) is 0.208. The topological polar surface area (TPSA) is 34.6 Å². The van der Waals surface area contributed by atoms with Crippen molar-refractivity contribution in [2.45, 2.75) is 45.8 Å². The van der Waals surface area contributed by atoms with E-state index in [1.54, 1.807) is 0 Å². The maximum atomic E-state index is 14.3. The zero-order chi connectivity index (χ0) is 15.1. The Hall–Kier alpha value is -1.14. The molecule has 2 rings (SSSR count). The predicted molar refractivity (Wildman–Crippen MR) is 78.9 cm³/mol. The van der Waals surface area contributed by atoms with Gasteiger partial charge in [0, 0.05) is 19.8 Å². The number of hydrogen-bond acceptors (Lipinski definition) is 4. The zero-order valence-corrected chi connectivity index (χ0v) is 13.0. The Balaban J connectivity index is 2.44. The minimum atomic E-state index is -0.738. The van der Waals surface area contributed by atoms with E-state index in [2.05, 4.69) is 4.98 Å². The molecule has 0 spiro atoms. The van der Waals surface area contributed by atoms with Gasteiger partial charge in [-0.2, -0.15) is 0 Å². The van der Waals surface area contributed by atoms with E-state index in [9.17, 15) is 4.39 Å². The molecule has 1 aromatic heterocycles. The summed E-state index contributed by atoms with van der Waals surface area (Å²) in [4.78, 5) is 6.15. The van der Waals surface area contributed by atoms with E-state index in [1.165, 1.54) is 12.3 Å². The van der Waals surface area contributed by atoms with Crippen LogP contribution in [0.25, 0.3) is 0 Å². The number of aromatic nitrogens is 1. The third-order valence-electron chi connectivity index (χ3n) is 4.24. The molecule has 20 heavy (non-hydrogen) atoms. The van der Waals surface area contributed by atoms with Gasteiger partial charge in [0.1, 0.15) is 11.6 Å². The molecule has 1 fully saturated rings. The number of hydrogen-bond donors (Lipinski definition) is 0. The highest BCUT2D eigenvalue weighted by Crippen LogP contribution is 2.37. The monoisotopic (exact) mass is 280 g/mol. The maximum absolute atomic E-state index is 14.3. The average Bonchev–Trinajstić information content (AvgIpc) is 2.56. The smallest absolute Gasteiger partial charge is 0.399 e. The van der Waals surface area contributed by atoms with E-state index in [-0.39, 0.29) is 5.82 Å². The fraction of sp³-hybridized carbons (Fsp3) is 0.643. The van der Waals surface area contributed by atoms with Gasteiger partial charge >= 0.3 is 7.12 Å². The highest BCUT2D eigenvalue weighted by atomic mass is 19.1. The Kier molecular flexibility index (Phi) is 3.82. The van der Waals surface area contributed by atoms with E-state index in [1.807, 2.05) is 46.6 Å². The zero-order valence-electron chi connectivity index (χ0n) is 13.0. The van der Waals surface area contributed by atoms with E-state index in [0.29, 0.717) is 11.3 Å². The average molecular weight is 280 g/mol. The molecule has 0 aliphatic carbocycles. The van der Waals surface area contributed by atoms with Gasteiger partial charge in [-0.05, 0) is 40.7 Å². The van der Waals surface area contributed by atoms with Crippen LogP contribution in [-0.2, 0) is 9.31 Å². The minimum absolute atomic E-state index is 0.353. The lowest BCUT2D eigenvalue weighted by atomic mass is 9.78. The molecule has 0 bridgehead atoms. The Bertz CT molecular complexity index is 492. The van der Waals surface area contributed by atoms with Crippen LogP contribution in [0.3, 0.4) is 0 Å². The van der Waals surface area contributed by atoms with Crippen molar-refractivity contribution in [3.8, 4) is 0 Å². The first-order chi connectivity index (χ1) is 9.19. The van der Waals surface area contributed by atoms with Crippen LogP contribution in [0.4, 0.5) is 10.2 Å². The molecule has 110 valence electrons. The van der Waals surface area contributed by atoms with Crippen molar-refractivity contribution >= 4 is 18.4 Å². The quantitative estimate of drug-likeness (QED) is 0.793. The van der Waals surface area contributed by atoms with Gasteiger partial charge in [-0.3, -0.25) is 0 Å². The molecule has 6 heteroatoms. The second kappa shape index (κ2) is 5.00. The largest absolute Gasteiger partial charge is 0.501 e. The molecular formula is C14H22BFN2O2. The van der Waals surface area contributed by atoms with Gasteiger partial charge < -0.3 is 14.2 Å². The van der Waals surface area contributed by atoms with Crippen molar-refractivity contribution in [3.05, 3.63) is 18.1 Å². The molecular weight excluding hydrogens is 258 g/mol. The first-order valence-electron chi connectivity index (χ1n) is 6.91. The summed E-state index contributed by atoms with van der Waals surface area (Å²) in [5.41, 5.74) is -0.625. The molecule has 1 aliphatic rings. The summed E-state index contributed by atoms with van der Waals surface area (Å²) in [6, 6.07) is 1.34. The lowest BCUT2D eigenvalue weighted by molar-refractivity contribution is 0.00578. The highest BCUT2D eigenvalue weighted by Gasteiger charge is 2.53. The third-order valence-corrected chi connectivity index (χ3v) is 4.24. The summed E-state index contributed by atoms with van der Waals surface area (Å²) in [7, 11) is 1.13. The number of halogens is 1. The summed E-state index contributed by atoms with van der Waals surface area (Å²) >= 11 is 0. The van der Waals surface area contributed by atoms with E-state index >= 15 is 0 Å². The minimum Gasteiger partial charge on any atom is -0.399 e. The van der Waals surface area contributed by atoms with Crippen LogP contribution in [0.5, 0.6) is 0 Å². The fourth-order valence-corrected chi connectivity index (χ4v) is 2.07. The van der Waals surface area contributed by atoms with Gasteiger partial charge in [0.25, 0.3) is 0 Å². The van der Waals surface area contributed by atoms with Crippen LogP contribution in [0.15, 0.2) is 12.3 Å². The standard InChI is InChI=1S/C14H22BFN2O2/c1-7-18(6)12-11(10(16)8-9-17-12)15-19-13(2,3)14(4,5)20-15/h8-9H,7H2,1-6H3. The van der Waals surface area contributed by atoms with Gasteiger partial charge in [0.05, 0.1) is 16.7 Å². The summed E-state index contributed by atoms with van der Waals surface area (Å²) in [5, 5.41) is 0. The van der Waals surface area contributed by atoms with Crippen LogP contribution in [0.2, 0.25) is 0 Å². The Labute approximate surface area is 120 Å². The van der Waals surface area contributed by atoms with Gasteiger partial charge in [-0.25, -0.2) is 9.37 Å². The number of pyridine rings is 1. The maximum Gasteiger partial charge on any atom is 0.501 e. The van der Waals surface area contributed by atoms with E-state index in [4.69, 9.17) is 9.31 Å². The van der Waals surface area contributed by atoms with Crippen LogP contribution in [-0.4, -0.2) is 36.9 Å². The molecule has 0 radical (unpaired) electrons. The molecule has 4 nitrogen and oxygen atoms in total. The lowest BCUT2D eigenvalue weighted by Gasteiger charge is -2.32.